The minimum absolute atomic E-state index is 0.0383. The summed E-state index contributed by atoms with van der Waals surface area (Å²) in [5.74, 6) is -0.325. The molecule has 0 bridgehead atoms. The molecule has 0 N–H and O–H groups in total. The Morgan fingerprint density at radius 2 is 1.70 bits per heavy atom. The highest BCUT2D eigenvalue weighted by molar-refractivity contribution is 8.16. The van der Waals surface area contributed by atoms with Gasteiger partial charge in [0.15, 0.2) is 5.17 Å². The summed E-state index contributed by atoms with van der Waals surface area (Å²) in [7, 11) is 0. The van der Waals surface area contributed by atoms with Gasteiger partial charge in [-0.25, -0.2) is 4.98 Å². The summed E-state index contributed by atoms with van der Waals surface area (Å²) in [5, 5.41) is 11.2. The standard InChI is InChI=1S/C32H26F3N5O2S/c1-19-6-5-7-20(2)28(19)40-29(41)31(3,4)43-30(40)38-37-17-21-8-14-25-22(16-21)9-15-26-27(25)36-18-39(26)23-10-12-24(13-11-23)42-32(33,34)35/h5-18H,1-4H3. The fraction of sp³-hybridized carbons (Fsp3) is 0.188. The predicted molar refractivity (Wildman–Crippen MR) is 165 cm³/mol. The molecule has 1 aromatic heterocycles. The third kappa shape index (κ3) is 5.48. The zero-order valence-electron chi connectivity index (χ0n) is 23.7. The minimum atomic E-state index is -4.75. The van der Waals surface area contributed by atoms with E-state index in [0.29, 0.717) is 10.9 Å². The Labute approximate surface area is 249 Å². The molecule has 0 saturated carbocycles. The highest BCUT2D eigenvalue weighted by Gasteiger charge is 2.46. The van der Waals surface area contributed by atoms with Gasteiger partial charge in [-0.2, -0.15) is 5.10 Å². The molecule has 0 unspecified atom stereocenters. The molecule has 4 aromatic carbocycles. The number of imidazole rings is 1. The number of hydrogen-bond donors (Lipinski definition) is 0. The maximum atomic E-state index is 13.3. The maximum Gasteiger partial charge on any atom is 0.573 e. The Morgan fingerprint density at radius 3 is 2.40 bits per heavy atom. The number of amidine groups is 1. The van der Waals surface area contributed by atoms with Gasteiger partial charge in [-0.05, 0) is 86.2 Å². The molecule has 43 heavy (non-hydrogen) atoms. The summed E-state index contributed by atoms with van der Waals surface area (Å²) in [6.45, 7) is 7.72. The molecule has 6 rings (SSSR count). The fourth-order valence-corrected chi connectivity index (χ4v) is 6.15. The molecule has 0 radical (unpaired) electrons. The van der Waals surface area contributed by atoms with Gasteiger partial charge in [0, 0.05) is 11.1 Å². The van der Waals surface area contributed by atoms with Crippen LogP contribution in [-0.2, 0) is 4.79 Å². The lowest BCUT2D eigenvalue weighted by Gasteiger charge is -2.21. The number of thioether (sulfide) groups is 1. The second-order valence-electron chi connectivity index (χ2n) is 10.7. The molecule has 1 aliphatic rings. The number of aromatic nitrogens is 2. The van der Waals surface area contributed by atoms with Crippen LogP contribution in [0.1, 0.15) is 30.5 Å². The highest BCUT2D eigenvalue weighted by atomic mass is 32.2. The van der Waals surface area contributed by atoms with E-state index in [-0.39, 0.29) is 11.7 Å². The van der Waals surface area contributed by atoms with Crippen molar-refractivity contribution in [2.45, 2.75) is 38.8 Å². The van der Waals surface area contributed by atoms with Crippen LogP contribution in [0.15, 0.2) is 89.3 Å². The van der Waals surface area contributed by atoms with Crippen molar-refractivity contribution < 1.29 is 22.7 Å². The van der Waals surface area contributed by atoms with Gasteiger partial charge in [0.1, 0.15) is 12.1 Å². The molecule has 7 nitrogen and oxygen atoms in total. The number of alkyl halides is 3. The molecule has 1 fully saturated rings. The summed E-state index contributed by atoms with van der Waals surface area (Å²) in [6.07, 6.45) is -1.46. The monoisotopic (exact) mass is 601 g/mol. The first-order valence-corrected chi connectivity index (χ1v) is 14.2. The molecule has 5 aromatic rings. The van der Waals surface area contributed by atoms with E-state index in [1.165, 1.54) is 23.9 Å². The smallest absolute Gasteiger partial charge is 0.406 e. The van der Waals surface area contributed by atoms with E-state index in [0.717, 1.165) is 44.2 Å². The van der Waals surface area contributed by atoms with Crippen molar-refractivity contribution in [3.05, 3.63) is 95.8 Å². The van der Waals surface area contributed by atoms with Crippen LogP contribution >= 0.6 is 11.8 Å². The molecule has 0 atom stereocenters. The molecular weight excluding hydrogens is 575 g/mol. The molecular formula is C32H26F3N5O2S. The Bertz CT molecular complexity index is 1920. The first-order chi connectivity index (χ1) is 20.4. The van der Waals surface area contributed by atoms with Crippen LogP contribution in [0.5, 0.6) is 5.75 Å². The summed E-state index contributed by atoms with van der Waals surface area (Å²) in [4.78, 5) is 19.5. The van der Waals surface area contributed by atoms with Crippen LogP contribution in [-0.4, -0.2) is 37.9 Å². The molecule has 11 heteroatoms. The number of nitrogens with zero attached hydrogens (tertiary/aromatic N) is 5. The lowest BCUT2D eigenvalue weighted by molar-refractivity contribution is -0.274. The number of aryl methyl sites for hydroxylation is 2. The molecule has 1 amide bonds. The average Bonchev–Trinajstić information content (AvgIpc) is 3.47. The second kappa shape index (κ2) is 10.6. The summed E-state index contributed by atoms with van der Waals surface area (Å²) in [5.41, 5.74) is 5.84. The molecule has 1 aliphatic heterocycles. The number of amides is 1. The number of anilines is 1. The number of ether oxygens (including phenoxy) is 1. The van der Waals surface area contributed by atoms with Crippen molar-refractivity contribution in [3.63, 3.8) is 0 Å². The Morgan fingerprint density at radius 1 is 0.977 bits per heavy atom. The van der Waals surface area contributed by atoms with E-state index in [4.69, 9.17) is 0 Å². The number of hydrogen-bond acceptors (Lipinski definition) is 6. The summed E-state index contributed by atoms with van der Waals surface area (Å²) in [6, 6.07) is 21.3. The third-order valence-corrected chi connectivity index (χ3v) is 8.31. The Kier molecular flexibility index (Phi) is 7.00. The number of halogens is 3. The lowest BCUT2D eigenvalue weighted by atomic mass is 10.1. The van der Waals surface area contributed by atoms with E-state index in [1.807, 2.05) is 80.8 Å². The van der Waals surface area contributed by atoms with Gasteiger partial charge in [0.25, 0.3) is 0 Å². The van der Waals surface area contributed by atoms with Gasteiger partial charge in [0.2, 0.25) is 5.91 Å². The molecule has 0 spiro atoms. The first kappa shape index (κ1) is 28.5. The van der Waals surface area contributed by atoms with Crippen molar-refractivity contribution in [2.75, 3.05) is 4.90 Å². The Hall–Kier alpha value is -4.64. The number of carbonyl (C=O) groups excluding carboxylic acids is 1. The van der Waals surface area contributed by atoms with Crippen LogP contribution in [0.2, 0.25) is 0 Å². The number of para-hydroxylation sites is 1. The summed E-state index contributed by atoms with van der Waals surface area (Å²) < 4.78 is 42.7. The SMILES string of the molecule is Cc1cccc(C)c1N1C(=O)C(C)(C)SC1=NN=Cc1ccc2c(ccc3c2ncn3-c2ccc(OC(F)(F)F)cc2)c1. The van der Waals surface area contributed by atoms with E-state index in [2.05, 4.69) is 19.9 Å². The van der Waals surface area contributed by atoms with Gasteiger partial charge < -0.3 is 4.74 Å². The van der Waals surface area contributed by atoms with Crippen molar-refractivity contribution in [3.8, 4) is 11.4 Å². The second-order valence-corrected chi connectivity index (χ2v) is 12.3. The normalized spacial score (nSPS) is 16.3. The molecule has 0 aliphatic carbocycles. The van der Waals surface area contributed by atoms with E-state index in [1.54, 1.807) is 29.6 Å². The van der Waals surface area contributed by atoms with Gasteiger partial charge in [0.05, 0.1) is 27.7 Å². The van der Waals surface area contributed by atoms with Crippen molar-refractivity contribution in [1.29, 1.82) is 0 Å². The molecule has 218 valence electrons. The number of carbonyl (C=O) groups is 1. The van der Waals surface area contributed by atoms with E-state index in [9.17, 15) is 18.0 Å². The number of fused-ring (bicyclic) bond motifs is 3. The van der Waals surface area contributed by atoms with E-state index >= 15 is 0 Å². The molecule has 2 heterocycles. The molecule has 1 saturated heterocycles. The third-order valence-electron chi connectivity index (χ3n) is 7.17. The van der Waals surface area contributed by atoms with Gasteiger partial charge in [-0.3, -0.25) is 14.3 Å². The zero-order valence-corrected chi connectivity index (χ0v) is 24.5. The topological polar surface area (TPSA) is 72.1 Å². The Balaban J connectivity index is 1.28. The highest BCUT2D eigenvalue weighted by Crippen LogP contribution is 2.41. The predicted octanol–water partition coefficient (Wildman–Crippen LogP) is 7.94. The number of rotatable bonds is 5. The lowest BCUT2D eigenvalue weighted by Crippen LogP contribution is -2.36. The number of benzene rings is 4. The van der Waals surface area contributed by atoms with Crippen molar-refractivity contribution in [1.82, 2.24) is 9.55 Å². The maximum absolute atomic E-state index is 13.3. The van der Waals surface area contributed by atoms with Crippen LogP contribution in [0.4, 0.5) is 18.9 Å². The summed E-state index contributed by atoms with van der Waals surface area (Å²) >= 11 is 1.38. The largest absolute Gasteiger partial charge is 0.573 e. The van der Waals surface area contributed by atoms with Gasteiger partial charge >= 0.3 is 6.36 Å². The van der Waals surface area contributed by atoms with Crippen LogP contribution in [0.25, 0.3) is 27.5 Å². The van der Waals surface area contributed by atoms with E-state index < -0.39 is 11.1 Å². The van der Waals surface area contributed by atoms with Crippen LogP contribution in [0.3, 0.4) is 0 Å². The van der Waals surface area contributed by atoms with Gasteiger partial charge in [-0.1, -0.05) is 48.2 Å². The van der Waals surface area contributed by atoms with Crippen LogP contribution in [0, 0.1) is 13.8 Å². The van der Waals surface area contributed by atoms with Crippen molar-refractivity contribution in [2.24, 2.45) is 10.2 Å². The van der Waals surface area contributed by atoms with Crippen molar-refractivity contribution >= 4 is 56.5 Å². The van der Waals surface area contributed by atoms with Gasteiger partial charge in [-0.15, -0.1) is 18.3 Å². The quantitative estimate of drug-likeness (QED) is 0.151. The minimum Gasteiger partial charge on any atom is -0.406 e. The fourth-order valence-electron chi connectivity index (χ4n) is 5.16. The first-order valence-electron chi connectivity index (χ1n) is 13.4. The average molecular weight is 602 g/mol. The zero-order chi connectivity index (χ0) is 30.5. The van der Waals surface area contributed by atoms with Crippen LogP contribution < -0.4 is 9.64 Å².